The molecule has 1 N–H and O–H groups in total. The standard InChI is InChI=1S/C20H22N4O2/c1-3-24-20(26)17-7-5-4-6-16(17)18(23-24)8-9-19(25)22-14(2)15-10-12-21-13-11-15/h4-7,10-14H,3,8-9H2,1-2H3,(H,22,25). The lowest BCUT2D eigenvalue weighted by Gasteiger charge is -2.14. The van der Waals surface area contributed by atoms with Crippen molar-refractivity contribution in [1.29, 1.82) is 0 Å². The predicted octanol–water partition coefficient (Wildman–Crippen LogP) is 2.62. The molecule has 0 radical (unpaired) electrons. The summed E-state index contributed by atoms with van der Waals surface area (Å²) in [5, 5.41) is 8.90. The Balaban J connectivity index is 1.74. The Kier molecular flexibility index (Phi) is 5.41. The van der Waals surface area contributed by atoms with E-state index in [4.69, 9.17) is 0 Å². The van der Waals surface area contributed by atoms with Crippen molar-refractivity contribution in [3.63, 3.8) is 0 Å². The van der Waals surface area contributed by atoms with E-state index in [-0.39, 0.29) is 17.5 Å². The molecule has 2 aromatic heterocycles. The zero-order chi connectivity index (χ0) is 18.5. The summed E-state index contributed by atoms with van der Waals surface area (Å²) in [7, 11) is 0. The SMILES string of the molecule is CCn1nc(CCC(=O)NC(C)c2ccncc2)c2ccccc2c1=O. The summed E-state index contributed by atoms with van der Waals surface area (Å²) in [5.41, 5.74) is 1.69. The van der Waals surface area contributed by atoms with Crippen LogP contribution in [0.4, 0.5) is 0 Å². The summed E-state index contributed by atoms with van der Waals surface area (Å²) >= 11 is 0. The van der Waals surface area contributed by atoms with E-state index in [1.807, 2.05) is 44.2 Å². The number of aryl methyl sites for hydroxylation is 2. The van der Waals surface area contributed by atoms with Crippen molar-refractivity contribution in [2.24, 2.45) is 0 Å². The Bertz CT molecular complexity index is 966. The van der Waals surface area contributed by atoms with Gasteiger partial charge < -0.3 is 5.32 Å². The molecular formula is C20H22N4O2. The van der Waals surface area contributed by atoms with Crippen LogP contribution in [0.3, 0.4) is 0 Å². The van der Waals surface area contributed by atoms with Gasteiger partial charge in [0.05, 0.1) is 17.1 Å². The fraction of sp³-hybridized carbons (Fsp3) is 0.300. The molecule has 1 amide bonds. The molecule has 2 heterocycles. The molecule has 0 fully saturated rings. The molecule has 0 bridgehead atoms. The van der Waals surface area contributed by atoms with Gasteiger partial charge in [-0.1, -0.05) is 18.2 Å². The molecule has 3 rings (SSSR count). The van der Waals surface area contributed by atoms with Gasteiger partial charge in [0, 0.05) is 37.2 Å². The summed E-state index contributed by atoms with van der Waals surface area (Å²) in [4.78, 5) is 28.7. The molecule has 3 aromatic rings. The van der Waals surface area contributed by atoms with Crippen LogP contribution in [0.2, 0.25) is 0 Å². The van der Waals surface area contributed by atoms with Gasteiger partial charge in [0.1, 0.15) is 0 Å². The number of hydrogen-bond acceptors (Lipinski definition) is 4. The number of carbonyl (C=O) groups is 1. The number of benzene rings is 1. The Morgan fingerprint density at radius 2 is 1.85 bits per heavy atom. The highest BCUT2D eigenvalue weighted by atomic mass is 16.1. The molecule has 6 nitrogen and oxygen atoms in total. The number of pyridine rings is 1. The minimum atomic E-state index is -0.0948. The maximum atomic E-state index is 12.4. The van der Waals surface area contributed by atoms with Crippen molar-refractivity contribution in [3.8, 4) is 0 Å². The Morgan fingerprint density at radius 1 is 1.15 bits per heavy atom. The van der Waals surface area contributed by atoms with E-state index in [0.717, 1.165) is 16.6 Å². The number of amides is 1. The third-order valence-corrected chi connectivity index (χ3v) is 4.42. The van der Waals surface area contributed by atoms with Gasteiger partial charge in [-0.05, 0) is 37.6 Å². The number of hydrogen-bond donors (Lipinski definition) is 1. The number of nitrogens with one attached hydrogen (secondary N) is 1. The maximum Gasteiger partial charge on any atom is 0.274 e. The van der Waals surface area contributed by atoms with Crippen LogP contribution in [0, 0.1) is 0 Å². The van der Waals surface area contributed by atoms with Gasteiger partial charge in [-0.2, -0.15) is 5.10 Å². The molecule has 0 saturated carbocycles. The van der Waals surface area contributed by atoms with E-state index in [2.05, 4.69) is 15.4 Å². The predicted molar refractivity (Wildman–Crippen MR) is 101 cm³/mol. The van der Waals surface area contributed by atoms with E-state index in [9.17, 15) is 9.59 Å². The third-order valence-electron chi connectivity index (χ3n) is 4.42. The van der Waals surface area contributed by atoms with Crippen molar-refractivity contribution in [3.05, 3.63) is 70.4 Å². The molecule has 0 aliphatic carbocycles. The van der Waals surface area contributed by atoms with Gasteiger partial charge in [0.15, 0.2) is 0 Å². The molecule has 0 aliphatic rings. The molecular weight excluding hydrogens is 328 g/mol. The van der Waals surface area contributed by atoms with Crippen molar-refractivity contribution in [2.75, 3.05) is 0 Å². The normalized spacial score (nSPS) is 12.1. The van der Waals surface area contributed by atoms with Crippen molar-refractivity contribution in [1.82, 2.24) is 20.1 Å². The highest BCUT2D eigenvalue weighted by Crippen LogP contribution is 2.15. The maximum absolute atomic E-state index is 12.4. The summed E-state index contributed by atoms with van der Waals surface area (Å²) < 4.78 is 1.45. The fourth-order valence-electron chi connectivity index (χ4n) is 2.99. The highest BCUT2D eigenvalue weighted by Gasteiger charge is 2.13. The highest BCUT2D eigenvalue weighted by molar-refractivity contribution is 5.84. The second kappa shape index (κ2) is 7.91. The second-order valence-electron chi connectivity index (χ2n) is 6.18. The quantitative estimate of drug-likeness (QED) is 0.741. The van der Waals surface area contributed by atoms with E-state index in [1.54, 1.807) is 18.5 Å². The molecule has 6 heteroatoms. The summed E-state index contributed by atoms with van der Waals surface area (Å²) in [5.74, 6) is -0.0468. The van der Waals surface area contributed by atoms with E-state index >= 15 is 0 Å². The first-order valence-corrected chi connectivity index (χ1v) is 8.78. The number of carbonyl (C=O) groups excluding carboxylic acids is 1. The summed E-state index contributed by atoms with van der Waals surface area (Å²) in [6.45, 7) is 4.33. The smallest absolute Gasteiger partial charge is 0.274 e. The molecule has 0 spiro atoms. The van der Waals surface area contributed by atoms with E-state index < -0.39 is 0 Å². The first kappa shape index (κ1) is 17.8. The van der Waals surface area contributed by atoms with Crippen LogP contribution >= 0.6 is 0 Å². The number of nitrogens with zero attached hydrogens (tertiary/aromatic N) is 3. The molecule has 0 saturated heterocycles. The number of rotatable bonds is 6. The van der Waals surface area contributed by atoms with Crippen molar-refractivity contribution >= 4 is 16.7 Å². The zero-order valence-electron chi connectivity index (χ0n) is 15.0. The molecule has 0 aliphatic heterocycles. The lowest BCUT2D eigenvalue weighted by molar-refractivity contribution is -0.121. The van der Waals surface area contributed by atoms with Crippen LogP contribution in [-0.2, 0) is 17.8 Å². The minimum Gasteiger partial charge on any atom is -0.350 e. The van der Waals surface area contributed by atoms with Crippen molar-refractivity contribution in [2.45, 2.75) is 39.3 Å². The lowest BCUT2D eigenvalue weighted by atomic mass is 10.1. The molecule has 26 heavy (non-hydrogen) atoms. The van der Waals surface area contributed by atoms with Crippen LogP contribution in [0.5, 0.6) is 0 Å². The monoisotopic (exact) mass is 350 g/mol. The molecule has 1 aromatic carbocycles. The largest absolute Gasteiger partial charge is 0.350 e. The number of fused-ring (bicyclic) bond motifs is 1. The first-order chi connectivity index (χ1) is 12.6. The van der Waals surface area contributed by atoms with Crippen LogP contribution in [-0.4, -0.2) is 20.7 Å². The van der Waals surface area contributed by atoms with E-state index in [0.29, 0.717) is 24.8 Å². The minimum absolute atomic E-state index is 0.0468. The van der Waals surface area contributed by atoms with Crippen molar-refractivity contribution < 1.29 is 4.79 Å². The summed E-state index contributed by atoms with van der Waals surface area (Å²) in [6.07, 6.45) is 4.22. The lowest BCUT2D eigenvalue weighted by Crippen LogP contribution is -2.28. The second-order valence-corrected chi connectivity index (χ2v) is 6.18. The van der Waals surface area contributed by atoms with Gasteiger partial charge in [0.25, 0.3) is 5.56 Å². The van der Waals surface area contributed by atoms with Gasteiger partial charge >= 0.3 is 0 Å². The number of aromatic nitrogens is 3. The third kappa shape index (κ3) is 3.79. The van der Waals surface area contributed by atoms with Crippen LogP contribution < -0.4 is 10.9 Å². The van der Waals surface area contributed by atoms with Crippen LogP contribution in [0.15, 0.2) is 53.6 Å². The van der Waals surface area contributed by atoms with Gasteiger partial charge in [-0.15, -0.1) is 0 Å². The van der Waals surface area contributed by atoms with E-state index in [1.165, 1.54) is 4.68 Å². The average Bonchev–Trinajstić information content (AvgIpc) is 2.68. The molecule has 1 atom stereocenters. The van der Waals surface area contributed by atoms with Crippen LogP contribution in [0.25, 0.3) is 10.8 Å². The van der Waals surface area contributed by atoms with Crippen LogP contribution in [0.1, 0.15) is 37.6 Å². The zero-order valence-corrected chi connectivity index (χ0v) is 15.0. The fourth-order valence-corrected chi connectivity index (χ4v) is 2.99. The van der Waals surface area contributed by atoms with Gasteiger partial charge in [0.2, 0.25) is 5.91 Å². The summed E-state index contributed by atoms with van der Waals surface area (Å²) in [6, 6.07) is 11.1. The Hall–Kier alpha value is -3.02. The van der Waals surface area contributed by atoms with Gasteiger partial charge in [-0.25, -0.2) is 4.68 Å². The topological polar surface area (TPSA) is 76.9 Å². The average molecular weight is 350 g/mol. The Morgan fingerprint density at radius 3 is 2.54 bits per heavy atom. The van der Waals surface area contributed by atoms with Gasteiger partial charge in [-0.3, -0.25) is 14.6 Å². The molecule has 1 unspecified atom stereocenters. The Labute approximate surface area is 151 Å². The molecule has 134 valence electrons. The first-order valence-electron chi connectivity index (χ1n) is 8.78.